The number of likely N-dealkylation sites (tertiary alicyclic amines) is 1. The zero-order chi connectivity index (χ0) is 18.0. The molecule has 0 saturated carbocycles. The lowest BCUT2D eigenvalue weighted by atomic mass is 10.0. The lowest BCUT2D eigenvalue weighted by Gasteiger charge is -2.31. The molecule has 0 unspecified atom stereocenters. The van der Waals surface area contributed by atoms with E-state index < -0.39 is 0 Å². The number of furan rings is 1. The molecule has 1 fully saturated rings. The second kappa shape index (κ2) is 7.39. The minimum Gasteiger partial charge on any atom is -0.459 e. The maximum atomic E-state index is 12.5. The summed E-state index contributed by atoms with van der Waals surface area (Å²) in [4.78, 5) is 31.7. The molecular weight excluding hydrogens is 338 g/mol. The number of thiazole rings is 1. The van der Waals surface area contributed by atoms with Crippen LogP contribution in [-0.4, -0.2) is 40.8 Å². The summed E-state index contributed by atoms with van der Waals surface area (Å²) in [6, 6.07) is 3.47. The Labute approximate surface area is 151 Å². The first-order valence-electron chi connectivity index (χ1n) is 8.56. The number of hydrogen-bond acceptors (Lipinski definition) is 5. The Balaban J connectivity index is 1.55. The van der Waals surface area contributed by atoms with Crippen molar-refractivity contribution in [3.05, 3.63) is 39.7 Å². The van der Waals surface area contributed by atoms with Gasteiger partial charge in [-0.05, 0) is 31.9 Å². The van der Waals surface area contributed by atoms with Gasteiger partial charge >= 0.3 is 0 Å². The van der Waals surface area contributed by atoms with Crippen LogP contribution in [0.1, 0.15) is 63.5 Å². The molecule has 3 heterocycles. The topological polar surface area (TPSA) is 75.4 Å². The van der Waals surface area contributed by atoms with Crippen molar-refractivity contribution >= 4 is 23.2 Å². The van der Waals surface area contributed by atoms with Crippen LogP contribution in [0.25, 0.3) is 0 Å². The molecule has 6 nitrogen and oxygen atoms in total. The highest BCUT2D eigenvalue weighted by molar-refractivity contribution is 7.13. The van der Waals surface area contributed by atoms with Gasteiger partial charge in [-0.2, -0.15) is 0 Å². The summed E-state index contributed by atoms with van der Waals surface area (Å²) >= 11 is 1.47. The van der Waals surface area contributed by atoms with E-state index in [2.05, 4.69) is 24.1 Å². The van der Waals surface area contributed by atoms with Crippen molar-refractivity contribution in [2.75, 3.05) is 13.1 Å². The van der Waals surface area contributed by atoms with Gasteiger partial charge in [-0.3, -0.25) is 9.59 Å². The summed E-state index contributed by atoms with van der Waals surface area (Å²) in [5.74, 6) is 0.539. The predicted molar refractivity (Wildman–Crippen MR) is 96.0 cm³/mol. The Morgan fingerprint density at radius 3 is 2.64 bits per heavy atom. The van der Waals surface area contributed by atoms with Gasteiger partial charge in [-0.1, -0.05) is 13.8 Å². The van der Waals surface area contributed by atoms with E-state index in [1.54, 1.807) is 17.0 Å². The molecule has 0 aromatic carbocycles. The molecule has 1 aliphatic rings. The fraction of sp³-hybridized carbons (Fsp3) is 0.500. The minimum absolute atomic E-state index is 0.0577. The van der Waals surface area contributed by atoms with Crippen LogP contribution in [0.4, 0.5) is 0 Å². The second-order valence-corrected chi connectivity index (χ2v) is 7.67. The lowest BCUT2D eigenvalue weighted by molar-refractivity contribution is 0.0667. The van der Waals surface area contributed by atoms with Crippen LogP contribution in [0, 0.1) is 6.92 Å². The largest absolute Gasteiger partial charge is 0.459 e. The smallest absolute Gasteiger partial charge is 0.289 e. The Kier molecular flexibility index (Phi) is 5.22. The number of piperidine rings is 1. The van der Waals surface area contributed by atoms with Crippen molar-refractivity contribution in [2.24, 2.45) is 0 Å². The summed E-state index contributed by atoms with van der Waals surface area (Å²) in [6.07, 6.45) is 2.99. The van der Waals surface area contributed by atoms with Gasteiger partial charge in [0, 0.05) is 25.0 Å². The summed E-state index contributed by atoms with van der Waals surface area (Å²) < 4.78 is 5.17. The van der Waals surface area contributed by atoms with Crippen LogP contribution in [0.2, 0.25) is 0 Å². The highest BCUT2D eigenvalue weighted by Gasteiger charge is 2.27. The third-order valence-electron chi connectivity index (χ3n) is 4.36. The minimum atomic E-state index is -0.0883. The number of nitrogens with zero attached hydrogens (tertiary/aromatic N) is 2. The van der Waals surface area contributed by atoms with Gasteiger partial charge in [-0.25, -0.2) is 4.98 Å². The first-order chi connectivity index (χ1) is 12.0. The predicted octanol–water partition coefficient (Wildman–Crippen LogP) is 3.20. The molecule has 2 aromatic rings. The molecule has 7 heteroatoms. The van der Waals surface area contributed by atoms with Crippen molar-refractivity contribution in [2.45, 2.75) is 45.6 Å². The molecule has 0 radical (unpaired) electrons. The van der Waals surface area contributed by atoms with Gasteiger partial charge in [0.1, 0.15) is 4.88 Å². The third kappa shape index (κ3) is 3.92. The molecule has 1 saturated heterocycles. The number of carbonyl (C=O) groups is 2. The fourth-order valence-corrected chi connectivity index (χ4v) is 3.88. The van der Waals surface area contributed by atoms with Crippen LogP contribution < -0.4 is 5.32 Å². The average Bonchev–Trinajstić information content (AvgIpc) is 3.24. The zero-order valence-corrected chi connectivity index (χ0v) is 15.6. The molecule has 1 aliphatic heterocycles. The SMILES string of the molecule is Cc1nc(C(C)C)sc1C(=O)NC1CCN(C(=O)c2ccco2)CC1. The van der Waals surface area contributed by atoms with E-state index in [-0.39, 0.29) is 17.9 Å². The Morgan fingerprint density at radius 2 is 2.08 bits per heavy atom. The van der Waals surface area contributed by atoms with Gasteiger partial charge in [0.05, 0.1) is 17.0 Å². The molecule has 2 amide bonds. The molecular formula is C18H23N3O3S. The molecule has 0 bridgehead atoms. The molecule has 0 spiro atoms. The molecule has 2 aromatic heterocycles. The standard InChI is InChI=1S/C18H23N3O3S/c1-11(2)17-19-12(3)15(25-17)16(22)20-13-6-8-21(9-7-13)18(23)14-5-4-10-24-14/h4-5,10-11,13H,6-9H2,1-3H3,(H,20,22). The number of aromatic nitrogens is 1. The van der Waals surface area contributed by atoms with E-state index in [1.165, 1.54) is 17.6 Å². The molecule has 25 heavy (non-hydrogen) atoms. The first-order valence-corrected chi connectivity index (χ1v) is 9.38. The molecule has 0 aliphatic carbocycles. The maximum absolute atomic E-state index is 12.5. The normalized spacial score (nSPS) is 15.6. The van der Waals surface area contributed by atoms with Crippen molar-refractivity contribution in [3.8, 4) is 0 Å². The quantitative estimate of drug-likeness (QED) is 0.907. The summed E-state index contributed by atoms with van der Waals surface area (Å²) in [5.41, 5.74) is 0.789. The maximum Gasteiger partial charge on any atom is 0.289 e. The van der Waals surface area contributed by atoms with E-state index in [0.717, 1.165) is 23.5 Å². The zero-order valence-electron chi connectivity index (χ0n) is 14.7. The molecule has 1 N–H and O–H groups in total. The Morgan fingerprint density at radius 1 is 1.36 bits per heavy atom. The van der Waals surface area contributed by atoms with E-state index in [1.807, 2.05) is 6.92 Å². The number of carbonyl (C=O) groups excluding carboxylic acids is 2. The van der Waals surface area contributed by atoms with Gasteiger partial charge in [0.2, 0.25) is 0 Å². The summed E-state index contributed by atoms with van der Waals surface area (Å²) in [5, 5.41) is 4.08. The van der Waals surface area contributed by atoms with Crippen LogP contribution >= 0.6 is 11.3 Å². The third-order valence-corrected chi connectivity index (χ3v) is 5.82. The highest BCUT2D eigenvalue weighted by atomic mass is 32.1. The van der Waals surface area contributed by atoms with E-state index >= 15 is 0 Å². The number of nitrogens with one attached hydrogen (secondary N) is 1. The molecule has 0 atom stereocenters. The lowest BCUT2D eigenvalue weighted by Crippen LogP contribution is -2.46. The number of rotatable bonds is 4. The van der Waals surface area contributed by atoms with Crippen molar-refractivity contribution < 1.29 is 14.0 Å². The second-order valence-electron chi connectivity index (χ2n) is 6.64. The van der Waals surface area contributed by atoms with Crippen molar-refractivity contribution in [1.82, 2.24) is 15.2 Å². The Hall–Kier alpha value is -2.15. The van der Waals surface area contributed by atoms with Gasteiger partial charge in [-0.15, -0.1) is 11.3 Å². The number of hydrogen-bond donors (Lipinski definition) is 1. The first kappa shape index (κ1) is 17.7. The van der Waals surface area contributed by atoms with E-state index in [0.29, 0.717) is 29.6 Å². The summed E-state index contributed by atoms with van der Waals surface area (Å²) in [6.45, 7) is 7.26. The van der Waals surface area contributed by atoms with Crippen LogP contribution in [0.5, 0.6) is 0 Å². The molecule has 3 rings (SSSR count). The Bertz CT molecular complexity index is 744. The van der Waals surface area contributed by atoms with Crippen molar-refractivity contribution in [3.63, 3.8) is 0 Å². The monoisotopic (exact) mass is 361 g/mol. The molecule has 134 valence electrons. The van der Waals surface area contributed by atoms with Crippen LogP contribution in [0.3, 0.4) is 0 Å². The number of aryl methyl sites for hydroxylation is 1. The highest BCUT2D eigenvalue weighted by Crippen LogP contribution is 2.25. The van der Waals surface area contributed by atoms with Crippen molar-refractivity contribution in [1.29, 1.82) is 0 Å². The summed E-state index contributed by atoms with van der Waals surface area (Å²) in [7, 11) is 0. The van der Waals surface area contributed by atoms with Crippen LogP contribution in [-0.2, 0) is 0 Å². The van der Waals surface area contributed by atoms with E-state index in [9.17, 15) is 9.59 Å². The van der Waals surface area contributed by atoms with E-state index in [4.69, 9.17) is 4.42 Å². The van der Waals surface area contributed by atoms with Gasteiger partial charge in [0.15, 0.2) is 5.76 Å². The van der Waals surface area contributed by atoms with Crippen LogP contribution in [0.15, 0.2) is 22.8 Å². The average molecular weight is 361 g/mol. The van der Waals surface area contributed by atoms with Gasteiger partial charge < -0.3 is 14.6 Å². The number of amides is 2. The van der Waals surface area contributed by atoms with Gasteiger partial charge in [0.25, 0.3) is 11.8 Å². The fourth-order valence-electron chi connectivity index (χ4n) is 2.91.